The number of hydrogen-bond acceptors (Lipinski definition) is 8. The van der Waals surface area contributed by atoms with Crippen LogP contribution >= 0.6 is 0 Å². The highest BCUT2D eigenvalue weighted by Gasteiger charge is 2.44. The largest absolute Gasteiger partial charge is 0.394 e. The Kier molecular flexibility index (Phi) is 3.26. The summed E-state index contributed by atoms with van der Waals surface area (Å²) in [5.74, 6) is -0.0870. The van der Waals surface area contributed by atoms with Gasteiger partial charge in [0.15, 0.2) is 11.5 Å². The lowest BCUT2D eigenvalue weighted by molar-refractivity contribution is -0.0448. The van der Waals surface area contributed by atoms with Gasteiger partial charge in [-0.2, -0.15) is 0 Å². The van der Waals surface area contributed by atoms with Crippen LogP contribution in [-0.4, -0.2) is 55.1 Å². The average Bonchev–Trinajstić information content (AvgIpc) is 3.00. The Labute approximate surface area is 114 Å². The van der Waals surface area contributed by atoms with E-state index in [2.05, 4.69) is 15.0 Å². The average molecular weight is 280 g/mol. The number of rotatable bonds is 3. The van der Waals surface area contributed by atoms with Crippen LogP contribution in [0.5, 0.6) is 0 Å². The van der Waals surface area contributed by atoms with Gasteiger partial charge < -0.3 is 26.4 Å². The van der Waals surface area contributed by atoms with E-state index < -0.39 is 18.4 Å². The molecule has 9 heteroatoms. The van der Waals surface area contributed by atoms with E-state index in [1.54, 1.807) is 4.57 Å². The minimum Gasteiger partial charge on any atom is -0.394 e. The molecule has 108 valence electrons. The van der Waals surface area contributed by atoms with Crippen LogP contribution in [0.15, 0.2) is 12.7 Å². The highest BCUT2D eigenvalue weighted by Crippen LogP contribution is 2.35. The van der Waals surface area contributed by atoms with E-state index in [9.17, 15) is 10.2 Å². The van der Waals surface area contributed by atoms with Crippen LogP contribution < -0.4 is 11.5 Å². The van der Waals surface area contributed by atoms with Gasteiger partial charge in [-0.05, 0) is 0 Å². The highest BCUT2D eigenvalue weighted by atomic mass is 16.5. The van der Waals surface area contributed by atoms with Crippen LogP contribution in [0.25, 0.3) is 11.2 Å². The standard InChI is InChI=1S/C11H16N6O3/c12-1-5-8(19)6(2-18)20-11(5)17-4-16-7-9(13)14-3-15-10(7)17/h3-6,8,11,18-19H,1-2,12H2,(H2,13,14,15)/t5-,6-,8+,11-/m1/s1. The second-order valence-electron chi connectivity index (χ2n) is 4.72. The van der Waals surface area contributed by atoms with Crippen LogP contribution in [0.1, 0.15) is 6.23 Å². The zero-order valence-corrected chi connectivity index (χ0v) is 10.6. The molecule has 9 nitrogen and oxygen atoms in total. The maximum absolute atomic E-state index is 10.1. The Balaban J connectivity index is 2.04. The Hall–Kier alpha value is -1.81. The molecule has 20 heavy (non-hydrogen) atoms. The number of nitrogen functional groups attached to an aromatic ring is 1. The third kappa shape index (κ3) is 1.83. The number of ether oxygens (including phenoxy) is 1. The normalized spacial score (nSPS) is 30.1. The summed E-state index contributed by atoms with van der Waals surface area (Å²) in [6.07, 6.45) is 0.792. The second-order valence-corrected chi connectivity index (χ2v) is 4.72. The molecule has 0 saturated carbocycles. The van der Waals surface area contributed by atoms with Gasteiger partial charge in [0.25, 0.3) is 0 Å². The molecule has 1 saturated heterocycles. The number of nitrogens with zero attached hydrogens (tertiary/aromatic N) is 4. The van der Waals surface area contributed by atoms with Gasteiger partial charge in [-0.1, -0.05) is 0 Å². The molecule has 0 aromatic carbocycles. The van der Waals surface area contributed by atoms with Crippen molar-refractivity contribution in [2.45, 2.75) is 18.4 Å². The molecule has 0 radical (unpaired) electrons. The van der Waals surface area contributed by atoms with Gasteiger partial charge in [-0.15, -0.1) is 0 Å². The predicted molar refractivity (Wildman–Crippen MR) is 69.3 cm³/mol. The minimum absolute atomic E-state index is 0.211. The van der Waals surface area contributed by atoms with E-state index in [-0.39, 0.29) is 24.9 Å². The summed E-state index contributed by atoms with van der Waals surface area (Å²) in [6.45, 7) is -0.0690. The summed E-state index contributed by atoms with van der Waals surface area (Å²) in [4.78, 5) is 12.2. The first-order valence-corrected chi connectivity index (χ1v) is 6.24. The molecular formula is C11H16N6O3. The van der Waals surface area contributed by atoms with E-state index in [0.717, 1.165) is 0 Å². The SMILES string of the molecule is NC[C@@H]1[C@H](O)[C@@H](CO)O[C@H]1n1cnc2c(N)ncnc21. The maximum Gasteiger partial charge on any atom is 0.167 e. The Morgan fingerprint density at radius 3 is 2.85 bits per heavy atom. The Morgan fingerprint density at radius 1 is 1.35 bits per heavy atom. The van der Waals surface area contributed by atoms with Gasteiger partial charge in [0.1, 0.15) is 24.2 Å². The van der Waals surface area contributed by atoms with Crippen molar-refractivity contribution in [3.63, 3.8) is 0 Å². The zero-order chi connectivity index (χ0) is 14.3. The van der Waals surface area contributed by atoms with Gasteiger partial charge >= 0.3 is 0 Å². The Morgan fingerprint density at radius 2 is 2.15 bits per heavy atom. The van der Waals surface area contributed by atoms with E-state index in [1.807, 2.05) is 0 Å². The highest BCUT2D eigenvalue weighted by molar-refractivity contribution is 5.81. The van der Waals surface area contributed by atoms with Gasteiger partial charge in [0.05, 0.1) is 19.0 Å². The van der Waals surface area contributed by atoms with Gasteiger partial charge in [0.2, 0.25) is 0 Å². The first-order valence-electron chi connectivity index (χ1n) is 6.24. The molecule has 1 aliphatic heterocycles. The lowest BCUT2D eigenvalue weighted by atomic mass is 10.00. The summed E-state index contributed by atoms with van der Waals surface area (Å²) in [7, 11) is 0. The molecule has 3 rings (SSSR count). The fourth-order valence-electron chi connectivity index (χ4n) is 2.54. The van der Waals surface area contributed by atoms with E-state index in [0.29, 0.717) is 11.2 Å². The van der Waals surface area contributed by atoms with Crippen LogP contribution in [0.4, 0.5) is 5.82 Å². The van der Waals surface area contributed by atoms with Crippen molar-refractivity contribution in [1.29, 1.82) is 0 Å². The van der Waals surface area contributed by atoms with Crippen molar-refractivity contribution in [1.82, 2.24) is 19.5 Å². The summed E-state index contributed by atoms with van der Waals surface area (Å²) >= 11 is 0. The monoisotopic (exact) mass is 280 g/mol. The molecule has 0 amide bonds. The Bertz CT molecular complexity index is 617. The first-order chi connectivity index (χ1) is 9.67. The maximum atomic E-state index is 10.1. The van der Waals surface area contributed by atoms with Crippen LogP contribution in [-0.2, 0) is 4.74 Å². The lowest BCUT2D eigenvalue weighted by Crippen LogP contribution is -2.33. The third-order valence-corrected chi connectivity index (χ3v) is 3.61. The number of aromatic nitrogens is 4. The minimum atomic E-state index is -0.841. The number of nitrogens with two attached hydrogens (primary N) is 2. The number of anilines is 1. The number of aliphatic hydroxyl groups is 2. The van der Waals surface area contributed by atoms with Gasteiger partial charge in [-0.25, -0.2) is 15.0 Å². The summed E-state index contributed by atoms with van der Waals surface area (Å²) in [5.41, 5.74) is 12.4. The molecule has 0 unspecified atom stereocenters. The molecule has 4 atom stereocenters. The second kappa shape index (κ2) is 4.94. The number of hydrogen-bond donors (Lipinski definition) is 4. The molecule has 1 aliphatic rings. The molecule has 2 aromatic heterocycles. The first kappa shape index (κ1) is 13.2. The van der Waals surface area contributed by atoms with Gasteiger partial charge in [-0.3, -0.25) is 4.57 Å². The van der Waals surface area contributed by atoms with Gasteiger partial charge in [0, 0.05) is 12.5 Å². The quantitative estimate of drug-likeness (QED) is 0.517. The number of fused-ring (bicyclic) bond motifs is 1. The third-order valence-electron chi connectivity index (χ3n) is 3.61. The van der Waals surface area contributed by atoms with Crippen molar-refractivity contribution >= 4 is 17.0 Å². The number of aliphatic hydroxyl groups excluding tert-OH is 2. The van der Waals surface area contributed by atoms with Crippen molar-refractivity contribution in [2.24, 2.45) is 11.7 Å². The van der Waals surface area contributed by atoms with Crippen LogP contribution in [0.2, 0.25) is 0 Å². The van der Waals surface area contributed by atoms with Crippen molar-refractivity contribution in [3.8, 4) is 0 Å². The topological polar surface area (TPSA) is 145 Å². The molecule has 0 aliphatic carbocycles. The molecule has 2 aromatic rings. The van der Waals surface area contributed by atoms with Crippen molar-refractivity contribution in [2.75, 3.05) is 18.9 Å². The fraction of sp³-hybridized carbons (Fsp3) is 0.545. The van der Waals surface area contributed by atoms with Crippen molar-refractivity contribution < 1.29 is 14.9 Å². The summed E-state index contributed by atoms with van der Waals surface area (Å²) in [5, 5.41) is 19.3. The van der Waals surface area contributed by atoms with E-state index in [4.69, 9.17) is 16.2 Å². The number of imidazole rings is 1. The predicted octanol–water partition coefficient (Wildman–Crippen LogP) is -1.77. The molecule has 0 bridgehead atoms. The van der Waals surface area contributed by atoms with E-state index >= 15 is 0 Å². The molecule has 0 spiro atoms. The van der Waals surface area contributed by atoms with Crippen LogP contribution in [0.3, 0.4) is 0 Å². The molecule has 1 fully saturated rings. The molecule has 3 heterocycles. The zero-order valence-electron chi connectivity index (χ0n) is 10.6. The van der Waals surface area contributed by atoms with E-state index in [1.165, 1.54) is 12.7 Å². The lowest BCUT2D eigenvalue weighted by Gasteiger charge is -2.19. The van der Waals surface area contributed by atoms with Crippen molar-refractivity contribution in [3.05, 3.63) is 12.7 Å². The fourth-order valence-corrected chi connectivity index (χ4v) is 2.54. The smallest absolute Gasteiger partial charge is 0.167 e. The summed E-state index contributed by atoms with van der Waals surface area (Å²) < 4.78 is 7.32. The molecular weight excluding hydrogens is 264 g/mol. The summed E-state index contributed by atoms with van der Waals surface area (Å²) in [6, 6.07) is 0. The van der Waals surface area contributed by atoms with Crippen LogP contribution in [0, 0.1) is 5.92 Å². The molecule has 6 N–H and O–H groups in total.